The second-order valence-electron chi connectivity index (χ2n) is 5.97. The number of carbonyl (C=O) groups is 1. The number of amides is 1. The molecule has 5 nitrogen and oxygen atoms in total. The molecule has 8 heteroatoms. The maximum Gasteiger partial charge on any atom is 0.438 e. The number of pyridine rings is 1. The molecule has 26 heavy (non-hydrogen) atoms. The number of aromatic nitrogens is 1. The van der Waals surface area contributed by atoms with Crippen molar-refractivity contribution in [2.45, 2.75) is 31.2 Å². The van der Waals surface area contributed by atoms with Gasteiger partial charge in [-0.3, -0.25) is 9.78 Å². The lowest BCUT2D eigenvalue weighted by molar-refractivity contribution is -0.302. The molecule has 0 spiro atoms. The highest BCUT2D eigenvalue weighted by molar-refractivity contribution is 6.03. The number of hydrogen-bond acceptors (Lipinski definition) is 4. The van der Waals surface area contributed by atoms with Gasteiger partial charge < -0.3 is 5.11 Å². The maximum atomic E-state index is 13.5. The fraction of sp³-hybridized carbons (Fsp3) is 0.278. The van der Waals surface area contributed by atoms with Gasteiger partial charge in [0.15, 0.2) is 0 Å². The van der Waals surface area contributed by atoms with Crippen molar-refractivity contribution in [2.24, 2.45) is 5.10 Å². The molecule has 0 saturated carbocycles. The number of hydrogen-bond donors (Lipinski definition) is 1. The van der Waals surface area contributed by atoms with Crippen LogP contribution in [0.25, 0.3) is 0 Å². The second kappa shape index (κ2) is 6.87. The van der Waals surface area contributed by atoms with Gasteiger partial charge in [0.1, 0.15) is 0 Å². The molecule has 3 rings (SSSR count). The lowest BCUT2D eigenvalue weighted by Crippen LogP contribution is -2.56. The van der Waals surface area contributed by atoms with Gasteiger partial charge in [-0.2, -0.15) is 23.3 Å². The van der Waals surface area contributed by atoms with Crippen molar-refractivity contribution in [1.29, 1.82) is 0 Å². The molecule has 0 unspecified atom stereocenters. The molecule has 1 aliphatic rings. The van der Waals surface area contributed by atoms with E-state index < -0.39 is 24.2 Å². The first kappa shape index (κ1) is 18.1. The Morgan fingerprint density at radius 2 is 1.92 bits per heavy atom. The highest BCUT2D eigenvalue weighted by Gasteiger charge is 2.63. The Balaban J connectivity index is 1.85. The Morgan fingerprint density at radius 1 is 1.19 bits per heavy atom. The van der Waals surface area contributed by atoms with Crippen LogP contribution in [0.4, 0.5) is 13.2 Å². The lowest BCUT2D eigenvalue weighted by atomic mass is 10.0. The van der Waals surface area contributed by atoms with Gasteiger partial charge in [-0.05, 0) is 18.1 Å². The van der Waals surface area contributed by atoms with Crippen molar-refractivity contribution in [1.82, 2.24) is 9.99 Å². The summed E-state index contributed by atoms with van der Waals surface area (Å²) in [6.45, 7) is 0. The fourth-order valence-electron chi connectivity index (χ4n) is 2.72. The third kappa shape index (κ3) is 3.45. The smallest absolute Gasteiger partial charge is 0.362 e. The first-order chi connectivity index (χ1) is 12.3. The fourth-order valence-corrected chi connectivity index (χ4v) is 2.72. The van der Waals surface area contributed by atoms with Crippen LogP contribution in [-0.4, -0.2) is 38.6 Å². The van der Waals surface area contributed by atoms with Crippen LogP contribution in [0, 0.1) is 0 Å². The van der Waals surface area contributed by atoms with Crippen LogP contribution in [0.3, 0.4) is 0 Å². The van der Waals surface area contributed by atoms with Crippen molar-refractivity contribution < 1.29 is 23.1 Å². The molecule has 1 N–H and O–H groups in total. The Labute approximate surface area is 147 Å². The third-order valence-electron chi connectivity index (χ3n) is 4.14. The molecule has 1 amide bonds. The summed E-state index contributed by atoms with van der Waals surface area (Å²) in [5, 5.41) is 14.2. The molecule has 1 aromatic carbocycles. The Morgan fingerprint density at radius 3 is 2.54 bits per heavy atom. The first-order valence-corrected chi connectivity index (χ1v) is 7.95. The molecule has 2 heterocycles. The van der Waals surface area contributed by atoms with Crippen molar-refractivity contribution >= 4 is 11.6 Å². The third-order valence-corrected chi connectivity index (χ3v) is 4.14. The predicted molar refractivity (Wildman–Crippen MR) is 88.0 cm³/mol. The van der Waals surface area contributed by atoms with Gasteiger partial charge in [-0.15, -0.1) is 0 Å². The summed E-state index contributed by atoms with van der Waals surface area (Å²) in [5.74, 6) is -0.896. The molecule has 0 bridgehead atoms. The summed E-state index contributed by atoms with van der Waals surface area (Å²) in [5.41, 5.74) is -2.25. The topological polar surface area (TPSA) is 65.8 Å². The van der Waals surface area contributed by atoms with Crippen LogP contribution >= 0.6 is 0 Å². The number of nitrogens with zero attached hydrogens (tertiary/aromatic N) is 3. The number of hydrazone groups is 1. The average Bonchev–Trinajstić information content (AvgIpc) is 3.00. The molecule has 0 saturated heterocycles. The van der Waals surface area contributed by atoms with Gasteiger partial charge in [0.25, 0.3) is 5.72 Å². The molecule has 136 valence electrons. The van der Waals surface area contributed by atoms with Crippen molar-refractivity contribution in [3.05, 3.63) is 66.0 Å². The minimum absolute atomic E-state index is 0.0361. The van der Waals surface area contributed by atoms with Gasteiger partial charge in [0, 0.05) is 24.4 Å². The number of alkyl halides is 3. The van der Waals surface area contributed by atoms with Gasteiger partial charge in [0.2, 0.25) is 5.91 Å². The van der Waals surface area contributed by atoms with E-state index in [1.165, 1.54) is 18.5 Å². The van der Waals surface area contributed by atoms with Crippen molar-refractivity contribution in [3.63, 3.8) is 0 Å². The maximum absolute atomic E-state index is 13.5. The summed E-state index contributed by atoms with van der Waals surface area (Å²) in [4.78, 5) is 16.2. The van der Waals surface area contributed by atoms with E-state index in [1.54, 1.807) is 36.4 Å². The molecule has 0 fully saturated rings. The normalized spacial score (nSPS) is 20.2. The highest BCUT2D eigenvalue weighted by Crippen LogP contribution is 2.41. The Hall–Kier alpha value is -2.74. The number of rotatable bonds is 4. The average molecular weight is 363 g/mol. The largest absolute Gasteiger partial charge is 0.438 e. The second-order valence-corrected chi connectivity index (χ2v) is 5.97. The van der Waals surface area contributed by atoms with E-state index >= 15 is 0 Å². The standard InChI is InChI=1S/C18H16F3N3O2/c19-18(20,21)17(26)11-15(14-7-4-10-22-12-14)23-24(17)16(25)9-8-13-5-2-1-3-6-13/h1-7,10,12,26H,8-9,11H2/t17-/m0/s1. The number of halogens is 3. The van der Waals surface area contributed by atoms with E-state index in [-0.39, 0.29) is 23.6 Å². The lowest BCUT2D eigenvalue weighted by Gasteiger charge is -2.32. The van der Waals surface area contributed by atoms with Crippen LogP contribution in [0.2, 0.25) is 0 Å². The molecule has 2 aromatic rings. The van der Waals surface area contributed by atoms with E-state index in [2.05, 4.69) is 10.1 Å². The van der Waals surface area contributed by atoms with E-state index in [0.717, 1.165) is 5.56 Å². The van der Waals surface area contributed by atoms with Crippen LogP contribution in [0.1, 0.15) is 24.0 Å². The van der Waals surface area contributed by atoms with Crippen LogP contribution in [-0.2, 0) is 11.2 Å². The minimum Gasteiger partial charge on any atom is -0.362 e. The minimum atomic E-state index is -5.04. The monoisotopic (exact) mass is 363 g/mol. The first-order valence-electron chi connectivity index (χ1n) is 7.95. The SMILES string of the molecule is O=C(CCc1ccccc1)N1N=C(c2cccnc2)C[C@]1(O)C(F)(F)F. The number of benzene rings is 1. The number of aliphatic hydroxyl groups is 1. The number of carbonyl (C=O) groups excluding carboxylic acids is 1. The quantitative estimate of drug-likeness (QED) is 0.908. The molecule has 1 aliphatic heterocycles. The molecular weight excluding hydrogens is 347 g/mol. The van der Waals surface area contributed by atoms with Gasteiger partial charge in [-0.25, -0.2) is 0 Å². The van der Waals surface area contributed by atoms with Crippen LogP contribution in [0.15, 0.2) is 60.0 Å². The van der Waals surface area contributed by atoms with E-state index in [4.69, 9.17) is 0 Å². The van der Waals surface area contributed by atoms with Crippen molar-refractivity contribution in [2.75, 3.05) is 0 Å². The molecular formula is C18H16F3N3O2. The summed E-state index contributed by atoms with van der Waals surface area (Å²) in [7, 11) is 0. The van der Waals surface area contributed by atoms with E-state index in [1.807, 2.05) is 0 Å². The molecule has 0 aliphatic carbocycles. The van der Waals surface area contributed by atoms with E-state index in [9.17, 15) is 23.1 Å². The van der Waals surface area contributed by atoms with Gasteiger partial charge in [0.05, 0.1) is 12.1 Å². The Kier molecular flexibility index (Phi) is 4.78. The van der Waals surface area contributed by atoms with Gasteiger partial charge >= 0.3 is 6.18 Å². The Bertz CT molecular complexity index is 809. The zero-order chi connectivity index (χ0) is 18.8. The summed E-state index contributed by atoms with van der Waals surface area (Å²) in [6, 6.07) is 12.0. The van der Waals surface area contributed by atoms with Crippen LogP contribution < -0.4 is 0 Å². The zero-order valence-electron chi connectivity index (χ0n) is 13.6. The predicted octanol–water partition coefficient (Wildman–Crippen LogP) is 2.90. The summed E-state index contributed by atoms with van der Waals surface area (Å²) in [6.07, 6.45) is -3.01. The molecule has 1 atom stereocenters. The molecule has 0 radical (unpaired) electrons. The summed E-state index contributed by atoms with van der Waals surface area (Å²) < 4.78 is 40.4. The van der Waals surface area contributed by atoms with Gasteiger partial charge in [-0.1, -0.05) is 36.4 Å². The number of aryl methyl sites for hydroxylation is 1. The zero-order valence-corrected chi connectivity index (χ0v) is 13.6. The van der Waals surface area contributed by atoms with Crippen molar-refractivity contribution in [3.8, 4) is 0 Å². The molecule has 1 aromatic heterocycles. The summed E-state index contributed by atoms with van der Waals surface area (Å²) >= 11 is 0. The highest BCUT2D eigenvalue weighted by atomic mass is 19.4. The van der Waals surface area contributed by atoms with E-state index in [0.29, 0.717) is 5.56 Å². The van der Waals surface area contributed by atoms with Crippen LogP contribution in [0.5, 0.6) is 0 Å².